The van der Waals surface area contributed by atoms with E-state index in [-0.39, 0.29) is 21.1 Å². The standard InChI is InChI=1S/C11H14BrNO4S3/c1-6-7(2)18-4-3-13(6)20(16,17)9-5-8(11(14)15)19-10(9)12/h5-7H,3-4H2,1-2H3,(H,14,15). The third-order valence-electron chi connectivity index (χ3n) is 3.28. The Hall–Kier alpha value is -0.0900. The first-order chi connectivity index (χ1) is 9.25. The van der Waals surface area contributed by atoms with Crippen molar-refractivity contribution >= 4 is 55.0 Å². The first kappa shape index (κ1) is 16.3. The molecular formula is C11H14BrNO4S3. The van der Waals surface area contributed by atoms with Crippen LogP contribution in [0.2, 0.25) is 0 Å². The first-order valence-corrected chi connectivity index (χ1v) is 10.0. The molecule has 0 bridgehead atoms. The van der Waals surface area contributed by atoms with Gasteiger partial charge in [0, 0.05) is 23.6 Å². The number of hydrogen-bond acceptors (Lipinski definition) is 5. The third kappa shape index (κ3) is 2.92. The minimum Gasteiger partial charge on any atom is -0.477 e. The van der Waals surface area contributed by atoms with Gasteiger partial charge in [-0.15, -0.1) is 11.3 Å². The number of rotatable bonds is 3. The SMILES string of the molecule is CC1SCCN(S(=O)(=O)c2cc(C(=O)O)sc2Br)C1C. The van der Waals surface area contributed by atoms with Crippen molar-refractivity contribution in [1.82, 2.24) is 4.31 Å². The molecule has 5 nitrogen and oxygen atoms in total. The van der Waals surface area contributed by atoms with Crippen LogP contribution in [0.4, 0.5) is 0 Å². The van der Waals surface area contributed by atoms with E-state index in [1.807, 2.05) is 13.8 Å². The summed E-state index contributed by atoms with van der Waals surface area (Å²) < 4.78 is 27.2. The number of hydrogen-bond donors (Lipinski definition) is 1. The first-order valence-electron chi connectivity index (χ1n) is 5.91. The fraction of sp³-hybridized carbons (Fsp3) is 0.545. The highest BCUT2D eigenvalue weighted by Gasteiger charge is 2.37. The van der Waals surface area contributed by atoms with Gasteiger partial charge in [-0.25, -0.2) is 13.2 Å². The molecule has 112 valence electrons. The van der Waals surface area contributed by atoms with E-state index in [2.05, 4.69) is 15.9 Å². The van der Waals surface area contributed by atoms with E-state index in [0.717, 1.165) is 17.1 Å². The summed E-state index contributed by atoms with van der Waals surface area (Å²) in [5.41, 5.74) is 0. The molecule has 0 aromatic carbocycles. The fourth-order valence-electron chi connectivity index (χ4n) is 2.00. The topological polar surface area (TPSA) is 74.7 Å². The molecule has 0 amide bonds. The van der Waals surface area contributed by atoms with Crippen LogP contribution in [0.1, 0.15) is 23.5 Å². The Morgan fingerprint density at radius 1 is 1.50 bits per heavy atom. The number of thiophene rings is 1. The second-order valence-electron chi connectivity index (χ2n) is 4.49. The van der Waals surface area contributed by atoms with E-state index in [9.17, 15) is 13.2 Å². The molecule has 1 aliphatic heterocycles. The highest BCUT2D eigenvalue weighted by atomic mass is 79.9. The zero-order valence-electron chi connectivity index (χ0n) is 10.9. The normalized spacial score (nSPS) is 24.8. The quantitative estimate of drug-likeness (QED) is 0.845. The monoisotopic (exact) mass is 399 g/mol. The summed E-state index contributed by atoms with van der Waals surface area (Å²) >= 11 is 5.83. The Morgan fingerprint density at radius 3 is 2.70 bits per heavy atom. The van der Waals surface area contributed by atoms with Gasteiger partial charge in [0.05, 0.1) is 3.79 Å². The van der Waals surface area contributed by atoms with Crippen molar-refractivity contribution in [2.24, 2.45) is 0 Å². The van der Waals surface area contributed by atoms with Crippen molar-refractivity contribution in [3.05, 3.63) is 14.7 Å². The Balaban J connectivity index is 2.42. The van der Waals surface area contributed by atoms with Gasteiger partial charge in [-0.05, 0) is 28.9 Å². The molecule has 20 heavy (non-hydrogen) atoms. The maximum atomic E-state index is 12.7. The molecule has 0 saturated carbocycles. The summed E-state index contributed by atoms with van der Waals surface area (Å²) in [6.45, 7) is 4.33. The van der Waals surface area contributed by atoms with Gasteiger partial charge in [0.1, 0.15) is 9.77 Å². The molecule has 0 spiro atoms. The van der Waals surface area contributed by atoms with Crippen molar-refractivity contribution in [2.45, 2.75) is 30.0 Å². The predicted molar refractivity (Wildman–Crippen MR) is 84.3 cm³/mol. The van der Waals surface area contributed by atoms with Gasteiger partial charge >= 0.3 is 5.97 Å². The molecule has 2 heterocycles. The third-order valence-corrected chi connectivity index (χ3v) is 8.84. The number of sulfonamides is 1. The lowest BCUT2D eigenvalue weighted by Crippen LogP contribution is -2.47. The largest absolute Gasteiger partial charge is 0.477 e. The van der Waals surface area contributed by atoms with E-state index in [1.54, 1.807) is 11.8 Å². The Morgan fingerprint density at radius 2 is 2.15 bits per heavy atom. The lowest BCUT2D eigenvalue weighted by Gasteiger charge is -2.36. The molecule has 2 atom stereocenters. The van der Waals surface area contributed by atoms with Crippen molar-refractivity contribution < 1.29 is 18.3 Å². The van der Waals surface area contributed by atoms with Crippen LogP contribution in [0.15, 0.2) is 14.7 Å². The van der Waals surface area contributed by atoms with Crippen LogP contribution in [0.25, 0.3) is 0 Å². The van der Waals surface area contributed by atoms with Crippen LogP contribution in [0, 0.1) is 0 Å². The minimum absolute atomic E-state index is 0.0162. The molecule has 1 fully saturated rings. The molecule has 1 aromatic heterocycles. The van der Waals surface area contributed by atoms with Gasteiger partial charge in [-0.1, -0.05) is 6.92 Å². The maximum Gasteiger partial charge on any atom is 0.345 e. The Bertz CT molecular complexity index is 628. The molecular weight excluding hydrogens is 386 g/mol. The molecule has 1 N–H and O–H groups in total. The summed E-state index contributed by atoms with van der Waals surface area (Å²) in [7, 11) is -3.67. The smallest absolute Gasteiger partial charge is 0.345 e. The lowest BCUT2D eigenvalue weighted by molar-refractivity contribution is 0.0702. The number of halogens is 1. The average Bonchev–Trinajstić information content (AvgIpc) is 2.75. The van der Waals surface area contributed by atoms with Crippen molar-refractivity contribution in [3.63, 3.8) is 0 Å². The number of carbonyl (C=O) groups is 1. The van der Waals surface area contributed by atoms with Gasteiger partial charge in [0.15, 0.2) is 0 Å². The highest BCUT2D eigenvalue weighted by molar-refractivity contribution is 9.11. The van der Waals surface area contributed by atoms with E-state index >= 15 is 0 Å². The van der Waals surface area contributed by atoms with Gasteiger partial charge < -0.3 is 5.11 Å². The maximum absolute atomic E-state index is 12.7. The molecule has 1 aliphatic rings. The van der Waals surface area contributed by atoms with Crippen LogP contribution in [0.3, 0.4) is 0 Å². The van der Waals surface area contributed by atoms with Gasteiger partial charge in [0.25, 0.3) is 0 Å². The van der Waals surface area contributed by atoms with Gasteiger partial charge in [-0.2, -0.15) is 16.1 Å². The van der Waals surface area contributed by atoms with Crippen molar-refractivity contribution in [3.8, 4) is 0 Å². The van der Waals surface area contributed by atoms with Crippen LogP contribution in [0.5, 0.6) is 0 Å². The molecule has 9 heteroatoms. The van der Waals surface area contributed by atoms with Crippen molar-refractivity contribution in [2.75, 3.05) is 12.3 Å². The second-order valence-corrected chi connectivity index (χ2v) is 10.2. The summed E-state index contributed by atoms with van der Waals surface area (Å²) in [5.74, 6) is -0.370. The summed E-state index contributed by atoms with van der Waals surface area (Å²) in [6.07, 6.45) is 0. The number of aromatic carboxylic acids is 1. The number of carboxylic acids is 1. The lowest BCUT2D eigenvalue weighted by atomic mass is 10.2. The van der Waals surface area contributed by atoms with Gasteiger partial charge in [-0.3, -0.25) is 0 Å². The van der Waals surface area contributed by atoms with E-state index in [4.69, 9.17) is 5.11 Å². The summed E-state index contributed by atoms with van der Waals surface area (Å²) in [5, 5.41) is 9.19. The number of nitrogens with zero attached hydrogens (tertiary/aromatic N) is 1. The second kappa shape index (κ2) is 5.96. The minimum atomic E-state index is -3.67. The molecule has 0 radical (unpaired) electrons. The zero-order chi connectivity index (χ0) is 15.1. The Labute approximate surface area is 134 Å². The van der Waals surface area contributed by atoms with Crippen LogP contribution >= 0.6 is 39.0 Å². The van der Waals surface area contributed by atoms with E-state index in [1.165, 1.54) is 10.4 Å². The molecule has 0 aliphatic carbocycles. The molecule has 1 aromatic rings. The molecule has 2 rings (SSSR count). The highest BCUT2D eigenvalue weighted by Crippen LogP contribution is 2.36. The van der Waals surface area contributed by atoms with Crippen LogP contribution < -0.4 is 0 Å². The number of thioether (sulfide) groups is 1. The molecule has 1 saturated heterocycles. The summed E-state index contributed by atoms with van der Waals surface area (Å²) in [4.78, 5) is 11.0. The molecule has 2 unspecified atom stereocenters. The fourth-order valence-corrected chi connectivity index (χ4v) is 7.35. The average molecular weight is 400 g/mol. The zero-order valence-corrected chi connectivity index (χ0v) is 14.9. The van der Waals surface area contributed by atoms with Crippen molar-refractivity contribution in [1.29, 1.82) is 0 Å². The Kier molecular flexibility index (Phi) is 4.85. The number of carboxylic acid groups (broad SMARTS) is 1. The summed E-state index contributed by atoms with van der Waals surface area (Å²) in [6, 6.07) is 1.12. The van der Waals surface area contributed by atoms with Gasteiger partial charge in [0.2, 0.25) is 10.0 Å². The van der Waals surface area contributed by atoms with Crippen LogP contribution in [-0.4, -0.2) is 47.4 Å². The van der Waals surface area contributed by atoms with E-state index in [0.29, 0.717) is 10.3 Å². The van der Waals surface area contributed by atoms with Crippen LogP contribution in [-0.2, 0) is 10.0 Å². The van der Waals surface area contributed by atoms with E-state index < -0.39 is 16.0 Å². The predicted octanol–water partition coefficient (Wildman–Crippen LogP) is 2.72.